The Kier molecular flexibility index (Phi) is 5.01. The highest BCUT2D eigenvalue weighted by atomic mass is 16.5. The maximum atomic E-state index is 12.1. The number of furan rings is 1. The summed E-state index contributed by atoms with van der Waals surface area (Å²) >= 11 is 0. The Morgan fingerprint density at radius 1 is 1.17 bits per heavy atom. The Bertz CT molecular complexity index is 639. The van der Waals surface area contributed by atoms with Gasteiger partial charge in [0.1, 0.15) is 18.1 Å². The number of benzene rings is 1. The van der Waals surface area contributed by atoms with E-state index in [1.165, 1.54) is 18.4 Å². The molecule has 1 N–H and O–H groups in total. The first-order valence-corrected chi connectivity index (χ1v) is 8.36. The molecular weight excluding hydrogens is 290 g/mol. The first-order chi connectivity index (χ1) is 11.2. The third-order valence-corrected chi connectivity index (χ3v) is 4.29. The van der Waals surface area contributed by atoms with Gasteiger partial charge in [0.2, 0.25) is 0 Å². The van der Waals surface area contributed by atoms with E-state index in [0.29, 0.717) is 24.2 Å². The topological polar surface area (TPSA) is 51.5 Å². The van der Waals surface area contributed by atoms with E-state index in [2.05, 4.69) is 24.4 Å². The highest BCUT2D eigenvalue weighted by Crippen LogP contribution is 2.19. The maximum absolute atomic E-state index is 12.1. The molecule has 1 fully saturated rings. The molecule has 1 aliphatic rings. The molecular formula is C19H23NO3. The molecule has 1 aromatic carbocycles. The minimum atomic E-state index is -0.129. The molecule has 122 valence electrons. The van der Waals surface area contributed by atoms with E-state index in [-0.39, 0.29) is 5.91 Å². The number of hydrogen-bond donors (Lipinski definition) is 1. The average molecular weight is 313 g/mol. The van der Waals surface area contributed by atoms with E-state index in [1.54, 1.807) is 12.1 Å². The van der Waals surface area contributed by atoms with Crippen LogP contribution in [0.1, 0.15) is 54.5 Å². The third-order valence-electron chi connectivity index (χ3n) is 4.29. The lowest BCUT2D eigenvalue weighted by atomic mass is 10.2. The number of rotatable bonds is 6. The molecule has 2 aromatic rings. The summed E-state index contributed by atoms with van der Waals surface area (Å²) in [6.07, 6.45) is 5.53. The first-order valence-electron chi connectivity index (χ1n) is 8.36. The second kappa shape index (κ2) is 7.36. The van der Waals surface area contributed by atoms with Gasteiger partial charge < -0.3 is 14.5 Å². The zero-order chi connectivity index (χ0) is 16.1. The minimum absolute atomic E-state index is 0.129. The number of ether oxygens (including phenoxy) is 1. The fourth-order valence-electron chi connectivity index (χ4n) is 2.88. The van der Waals surface area contributed by atoms with Crippen molar-refractivity contribution in [2.45, 2.75) is 51.7 Å². The molecule has 4 nitrogen and oxygen atoms in total. The zero-order valence-electron chi connectivity index (χ0n) is 13.5. The Morgan fingerprint density at radius 2 is 1.91 bits per heavy atom. The normalized spacial score (nSPS) is 14.8. The van der Waals surface area contributed by atoms with Crippen molar-refractivity contribution in [3.63, 3.8) is 0 Å². The number of amides is 1. The quantitative estimate of drug-likeness (QED) is 0.873. The molecule has 4 heteroatoms. The van der Waals surface area contributed by atoms with Crippen molar-refractivity contribution in [1.29, 1.82) is 0 Å². The maximum Gasteiger partial charge on any atom is 0.287 e. The minimum Gasteiger partial charge on any atom is -0.486 e. The highest BCUT2D eigenvalue weighted by Gasteiger charge is 2.19. The summed E-state index contributed by atoms with van der Waals surface area (Å²) in [5, 5.41) is 3.02. The number of hydrogen-bond acceptors (Lipinski definition) is 3. The molecule has 0 unspecified atom stereocenters. The first kappa shape index (κ1) is 15.7. The summed E-state index contributed by atoms with van der Waals surface area (Å²) < 4.78 is 11.3. The Labute approximate surface area is 136 Å². The summed E-state index contributed by atoms with van der Waals surface area (Å²) in [5.41, 5.74) is 1.28. The van der Waals surface area contributed by atoms with Crippen molar-refractivity contribution >= 4 is 5.91 Å². The van der Waals surface area contributed by atoms with Crippen molar-refractivity contribution in [2.75, 3.05) is 0 Å². The van der Waals surface area contributed by atoms with Gasteiger partial charge in [-0.1, -0.05) is 31.9 Å². The van der Waals surface area contributed by atoms with Crippen molar-refractivity contribution in [3.8, 4) is 5.75 Å². The van der Waals surface area contributed by atoms with Crippen LogP contribution in [0, 0.1) is 0 Å². The van der Waals surface area contributed by atoms with E-state index in [4.69, 9.17) is 9.15 Å². The SMILES string of the molecule is CCc1ccc(OCc2ccc(C(=O)NC3CCCC3)o2)cc1. The van der Waals surface area contributed by atoms with Crippen LogP contribution in [0.15, 0.2) is 40.8 Å². The lowest BCUT2D eigenvalue weighted by Crippen LogP contribution is -2.32. The predicted octanol–water partition coefficient (Wildman–Crippen LogP) is 4.09. The number of nitrogens with one attached hydrogen (secondary N) is 1. The standard InChI is InChI=1S/C19H23NO3/c1-2-14-7-9-16(10-8-14)22-13-17-11-12-18(23-17)19(21)20-15-5-3-4-6-15/h7-12,15H,2-6,13H2,1H3,(H,20,21). The predicted molar refractivity (Wildman–Crippen MR) is 88.6 cm³/mol. The second-order valence-corrected chi connectivity index (χ2v) is 6.01. The fourth-order valence-corrected chi connectivity index (χ4v) is 2.88. The molecule has 0 spiro atoms. The monoisotopic (exact) mass is 313 g/mol. The molecule has 0 saturated heterocycles. The molecule has 3 rings (SSSR count). The number of aryl methyl sites for hydroxylation is 1. The van der Waals surface area contributed by atoms with Gasteiger partial charge in [-0.15, -0.1) is 0 Å². The van der Waals surface area contributed by atoms with Crippen LogP contribution >= 0.6 is 0 Å². The van der Waals surface area contributed by atoms with Crippen molar-refractivity contribution in [3.05, 3.63) is 53.5 Å². The van der Waals surface area contributed by atoms with E-state index in [1.807, 2.05) is 12.1 Å². The second-order valence-electron chi connectivity index (χ2n) is 6.01. The Balaban J connectivity index is 1.52. The molecule has 0 bridgehead atoms. The van der Waals surface area contributed by atoms with Gasteiger partial charge in [0.25, 0.3) is 5.91 Å². The average Bonchev–Trinajstić information content (AvgIpc) is 3.25. The van der Waals surface area contributed by atoms with Crippen LogP contribution in [0.4, 0.5) is 0 Å². The highest BCUT2D eigenvalue weighted by molar-refractivity contribution is 5.91. The van der Waals surface area contributed by atoms with Crippen molar-refractivity contribution in [1.82, 2.24) is 5.32 Å². The summed E-state index contributed by atoms with van der Waals surface area (Å²) in [4.78, 5) is 12.1. The van der Waals surface area contributed by atoms with Gasteiger partial charge in [-0.2, -0.15) is 0 Å². The zero-order valence-corrected chi connectivity index (χ0v) is 13.5. The van der Waals surface area contributed by atoms with Gasteiger partial charge in [0.05, 0.1) is 0 Å². The van der Waals surface area contributed by atoms with Crippen LogP contribution in [0.3, 0.4) is 0 Å². The van der Waals surface area contributed by atoms with Crippen LogP contribution in [-0.4, -0.2) is 11.9 Å². The van der Waals surface area contributed by atoms with Crippen LogP contribution in [-0.2, 0) is 13.0 Å². The van der Waals surface area contributed by atoms with Crippen LogP contribution < -0.4 is 10.1 Å². The molecule has 1 heterocycles. The van der Waals surface area contributed by atoms with Crippen LogP contribution in [0.25, 0.3) is 0 Å². The summed E-state index contributed by atoms with van der Waals surface area (Å²) in [6.45, 7) is 2.44. The summed E-state index contributed by atoms with van der Waals surface area (Å²) in [5.74, 6) is 1.68. The molecule has 1 amide bonds. The largest absolute Gasteiger partial charge is 0.486 e. The lowest BCUT2D eigenvalue weighted by Gasteiger charge is -2.10. The van der Waals surface area contributed by atoms with Crippen molar-refractivity contribution < 1.29 is 13.9 Å². The third kappa shape index (κ3) is 4.15. The van der Waals surface area contributed by atoms with Gasteiger partial charge in [0.15, 0.2) is 5.76 Å². The van der Waals surface area contributed by atoms with E-state index < -0.39 is 0 Å². The number of carbonyl (C=O) groups is 1. The molecule has 0 atom stereocenters. The van der Waals surface area contributed by atoms with Gasteiger partial charge in [-0.25, -0.2) is 0 Å². The van der Waals surface area contributed by atoms with E-state index >= 15 is 0 Å². The Hall–Kier alpha value is -2.23. The van der Waals surface area contributed by atoms with Gasteiger partial charge in [-0.05, 0) is 49.1 Å². The smallest absolute Gasteiger partial charge is 0.287 e. The number of carbonyl (C=O) groups excluding carboxylic acids is 1. The van der Waals surface area contributed by atoms with Gasteiger partial charge in [-0.3, -0.25) is 4.79 Å². The summed E-state index contributed by atoms with van der Waals surface area (Å²) in [7, 11) is 0. The molecule has 1 aliphatic carbocycles. The molecule has 0 radical (unpaired) electrons. The molecule has 0 aliphatic heterocycles. The molecule has 23 heavy (non-hydrogen) atoms. The lowest BCUT2D eigenvalue weighted by molar-refractivity contribution is 0.0905. The fraction of sp³-hybridized carbons (Fsp3) is 0.421. The summed E-state index contributed by atoms with van der Waals surface area (Å²) in [6, 6.07) is 11.8. The Morgan fingerprint density at radius 3 is 2.61 bits per heavy atom. The van der Waals surface area contributed by atoms with Crippen molar-refractivity contribution in [2.24, 2.45) is 0 Å². The van der Waals surface area contributed by atoms with Crippen LogP contribution in [0.5, 0.6) is 5.75 Å². The van der Waals surface area contributed by atoms with E-state index in [9.17, 15) is 4.79 Å². The molecule has 1 aromatic heterocycles. The van der Waals surface area contributed by atoms with Gasteiger partial charge in [0, 0.05) is 6.04 Å². The van der Waals surface area contributed by atoms with E-state index in [0.717, 1.165) is 25.0 Å². The van der Waals surface area contributed by atoms with Crippen LogP contribution in [0.2, 0.25) is 0 Å². The molecule has 1 saturated carbocycles. The van der Waals surface area contributed by atoms with Gasteiger partial charge >= 0.3 is 0 Å².